The second kappa shape index (κ2) is 13.7. The van der Waals surface area contributed by atoms with Crippen molar-refractivity contribution in [1.82, 2.24) is 19.9 Å². The molecule has 4 heteroatoms. The largest absolute Gasteiger partial charge is 0.355 e. The Morgan fingerprint density at radius 2 is 0.886 bits per heavy atom. The predicted octanol–water partition coefficient (Wildman–Crippen LogP) is 11.4. The Kier molecular flexibility index (Phi) is 9.54. The van der Waals surface area contributed by atoms with Gasteiger partial charge < -0.3 is 9.97 Å². The van der Waals surface area contributed by atoms with Crippen LogP contribution in [0.2, 0.25) is 0 Å². The molecule has 2 N–H and O–H groups in total. The molecule has 0 saturated heterocycles. The van der Waals surface area contributed by atoms with Gasteiger partial charge in [0.25, 0.3) is 0 Å². The summed E-state index contributed by atoms with van der Waals surface area (Å²) in [5.41, 5.74) is 20.4. The van der Waals surface area contributed by atoms with Crippen LogP contribution in [0.25, 0.3) is 44.4 Å². The molecule has 0 aliphatic carbocycles. The number of nitrogens with one attached hydrogen (secondary N) is 2. The number of rotatable bonds is 11. The van der Waals surface area contributed by atoms with Crippen molar-refractivity contribution < 1.29 is 1.37 Å². The zero-order chi connectivity index (χ0) is 32.4. The van der Waals surface area contributed by atoms with Crippen LogP contribution in [0.3, 0.4) is 0 Å². The standard InChI is InChI=1S/C40H54N4/c1-10-19-20-32-39-30(17-8)28(15-6)37(43-39)22-35-26(13-4)24(11-2)33(41-35)21-34-25(12-3)27(14-5)36(42-34)23-38-29(16-7)31(18-9)40(32)44-38/h21-23,41-42H,10-20H2,1-9H3/i21D. The third-order valence-electron chi connectivity index (χ3n) is 9.88. The summed E-state index contributed by atoms with van der Waals surface area (Å²) in [4.78, 5) is 18.6. The number of H-pyrrole nitrogens is 2. The van der Waals surface area contributed by atoms with Crippen molar-refractivity contribution in [2.45, 2.75) is 133 Å². The summed E-state index contributed by atoms with van der Waals surface area (Å²) in [6.07, 6.45) is 10.6. The summed E-state index contributed by atoms with van der Waals surface area (Å²) in [5, 5.41) is 0. The lowest BCUT2D eigenvalue weighted by molar-refractivity contribution is 0.786. The lowest BCUT2D eigenvalue weighted by Gasteiger charge is -2.12. The van der Waals surface area contributed by atoms with Gasteiger partial charge in [-0.25, -0.2) is 9.97 Å². The Morgan fingerprint density at radius 3 is 1.23 bits per heavy atom. The number of allylic oxidation sites excluding steroid dienone is 4. The summed E-state index contributed by atoms with van der Waals surface area (Å²) in [6.45, 7) is 20.3. The van der Waals surface area contributed by atoms with Gasteiger partial charge in [0.2, 0.25) is 0 Å². The van der Waals surface area contributed by atoms with Gasteiger partial charge in [-0.15, -0.1) is 0 Å². The molecule has 0 unspecified atom stereocenters. The first-order valence-electron chi connectivity index (χ1n) is 18.1. The first kappa shape index (κ1) is 30.6. The van der Waals surface area contributed by atoms with E-state index in [0.29, 0.717) is 6.04 Å². The summed E-state index contributed by atoms with van der Waals surface area (Å²) in [7, 11) is 0. The quantitative estimate of drug-likeness (QED) is 0.233. The highest BCUT2D eigenvalue weighted by atomic mass is 14.8. The third kappa shape index (κ3) is 5.39. The Bertz CT molecular complexity index is 1700. The second-order valence-corrected chi connectivity index (χ2v) is 12.2. The number of hydrogen-bond acceptors (Lipinski definition) is 2. The summed E-state index contributed by atoms with van der Waals surface area (Å²) in [5.74, 6) is 0. The van der Waals surface area contributed by atoms with Crippen LogP contribution in [0.4, 0.5) is 0 Å². The molecule has 5 rings (SSSR count). The van der Waals surface area contributed by atoms with Crippen LogP contribution in [-0.2, 0) is 32.1 Å². The van der Waals surface area contributed by atoms with E-state index in [2.05, 4.69) is 84.4 Å². The monoisotopic (exact) mass is 591 g/mol. The van der Waals surface area contributed by atoms with E-state index < -0.39 is 0 Å². The average molecular weight is 592 g/mol. The van der Waals surface area contributed by atoms with Crippen LogP contribution in [-0.4, -0.2) is 19.9 Å². The Labute approximate surface area is 267 Å². The maximum Gasteiger partial charge on any atom is 0.0726 e. The molecule has 0 atom stereocenters. The molecule has 5 heterocycles. The van der Waals surface area contributed by atoms with Crippen LogP contribution in [0.1, 0.15) is 153 Å². The van der Waals surface area contributed by atoms with Gasteiger partial charge in [-0.1, -0.05) is 68.7 Å². The Morgan fingerprint density at radius 1 is 0.500 bits per heavy atom. The molecule has 234 valence electrons. The molecule has 3 aromatic rings. The fourth-order valence-electron chi connectivity index (χ4n) is 7.74. The molecule has 2 aliphatic rings. The zero-order valence-corrected chi connectivity index (χ0v) is 28.8. The van der Waals surface area contributed by atoms with Crippen molar-refractivity contribution in [3.63, 3.8) is 0 Å². The molecular weight excluding hydrogens is 536 g/mol. The van der Waals surface area contributed by atoms with E-state index in [0.717, 1.165) is 115 Å². The molecule has 0 radical (unpaired) electrons. The third-order valence-corrected chi connectivity index (χ3v) is 9.88. The van der Waals surface area contributed by atoms with Gasteiger partial charge in [0.05, 0.1) is 24.1 Å². The molecule has 2 aliphatic heterocycles. The molecule has 3 aromatic heterocycles. The SMILES string of the molecule is [2H]c1c2[nH]c(cc3nc(c(CCCC)c4nc(cc5[nH]c1c(CC)c5CC)C(CC)=C4CC)C(CC)=C3CC)c(CC)c2CC. The highest BCUT2D eigenvalue weighted by molar-refractivity contribution is 5.97. The number of unbranched alkanes of at least 4 members (excludes halogenated alkanes) is 1. The molecule has 44 heavy (non-hydrogen) atoms. The minimum absolute atomic E-state index is 0.553. The number of aromatic nitrogens is 4. The van der Waals surface area contributed by atoms with E-state index in [1.54, 1.807) is 0 Å². The van der Waals surface area contributed by atoms with Gasteiger partial charge in [0, 0.05) is 27.6 Å². The normalized spacial score (nSPS) is 13.8. The fourth-order valence-corrected chi connectivity index (χ4v) is 7.74. The lowest BCUT2D eigenvalue weighted by Crippen LogP contribution is -1.99. The van der Waals surface area contributed by atoms with Gasteiger partial charge in [0.15, 0.2) is 0 Å². The molecule has 0 spiro atoms. The van der Waals surface area contributed by atoms with Gasteiger partial charge >= 0.3 is 0 Å². The van der Waals surface area contributed by atoms with Crippen LogP contribution in [0.5, 0.6) is 0 Å². The van der Waals surface area contributed by atoms with E-state index in [9.17, 15) is 1.37 Å². The molecule has 0 saturated carbocycles. The molecule has 0 fully saturated rings. The van der Waals surface area contributed by atoms with E-state index in [4.69, 9.17) is 9.97 Å². The van der Waals surface area contributed by atoms with Crippen molar-refractivity contribution >= 4 is 44.4 Å². The number of aromatic amines is 2. The second-order valence-electron chi connectivity index (χ2n) is 12.2. The van der Waals surface area contributed by atoms with Crippen LogP contribution < -0.4 is 0 Å². The predicted molar refractivity (Wildman–Crippen MR) is 192 cm³/mol. The Hall–Kier alpha value is -3.40. The zero-order valence-electron chi connectivity index (χ0n) is 29.8. The van der Waals surface area contributed by atoms with Gasteiger partial charge in [0.1, 0.15) is 0 Å². The first-order valence-corrected chi connectivity index (χ1v) is 17.6. The van der Waals surface area contributed by atoms with Gasteiger partial charge in [-0.3, -0.25) is 0 Å². The van der Waals surface area contributed by atoms with Crippen molar-refractivity contribution in [2.24, 2.45) is 0 Å². The average Bonchev–Trinajstić information content (AvgIpc) is 3.79. The first-order chi connectivity index (χ1) is 21.8. The van der Waals surface area contributed by atoms with Crippen LogP contribution in [0, 0.1) is 0 Å². The summed E-state index contributed by atoms with van der Waals surface area (Å²) in [6, 6.07) is 5.12. The number of nitrogens with zero attached hydrogens (tertiary/aromatic N) is 2. The Balaban J connectivity index is 2.12. The van der Waals surface area contributed by atoms with Crippen molar-refractivity contribution in [3.05, 3.63) is 68.8 Å². The fraction of sp³-hybridized carbons (Fsp3) is 0.500. The maximum atomic E-state index is 9.62. The smallest absolute Gasteiger partial charge is 0.0726 e. The highest BCUT2D eigenvalue weighted by Gasteiger charge is 2.27. The topological polar surface area (TPSA) is 57.4 Å². The van der Waals surface area contributed by atoms with Crippen LogP contribution >= 0.6 is 0 Å². The summed E-state index contributed by atoms with van der Waals surface area (Å²) >= 11 is 0. The van der Waals surface area contributed by atoms with E-state index in [-0.39, 0.29) is 0 Å². The van der Waals surface area contributed by atoms with Gasteiger partial charge in [-0.2, -0.15) is 0 Å². The summed E-state index contributed by atoms with van der Waals surface area (Å²) < 4.78 is 9.62. The molecule has 4 nitrogen and oxygen atoms in total. The number of aryl methyl sites for hydroxylation is 4. The molecule has 0 aromatic carbocycles. The van der Waals surface area contributed by atoms with E-state index >= 15 is 0 Å². The minimum atomic E-state index is 0.553. The van der Waals surface area contributed by atoms with Crippen molar-refractivity contribution in [2.75, 3.05) is 0 Å². The minimum Gasteiger partial charge on any atom is -0.355 e. The van der Waals surface area contributed by atoms with Gasteiger partial charge in [-0.05, 0) is 127 Å². The highest BCUT2D eigenvalue weighted by Crippen LogP contribution is 2.42. The van der Waals surface area contributed by atoms with Crippen molar-refractivity contribution in [1.29, 1.82) is 0 Å². The molecule has 0 amide bonds. The van der Waals surface area contributed by atoms with E-state index in [1.807, 2.05) is 0 Å². The maximum absolute atomic E-state index is 9.62. The number of hydrogen-bond donors (Lipinski definition) is 2. The number of fused-ring (bicyclic) bond motifs is 8. The van der Waals surface area contributed by atoms with Crippen LogP contribution in [0.15, 0.2) is 18.2 Å². The molecular formula is C40H54N4. The molecule has 8 bridgehead atoms. The van der Waals surface area contributed by atoms with E-state index in [1.165, 1.54) is 50.1 Å². The van der Waals surface area contributed by atoms with Crippen molar-refractivity contribution in [3.8, 4) is 0 Å². The lowest BCUT2D eigenvalue weighted by atomic mass is 9.91.